The highest BCUT2D eigenvalue weighted by Gasteiger charge is 2.29. The summed E-state index contributed by atoms with van der Waals surface area (Å²) in [5, 5.41) is 5.90. The second kappa shape index (κ2) is 7.97. The van der Waals surface area contributed by atoms with Crippen LogP contribution in [0.3, 0.4) is 0 Å². The van der Waals surface area contributed by atoms with Gasteiger partial charge in [0.25, 0.3) is 0 Å². The van der Waals surface area contributed by atoms with E-state index in [2.05, 4.69) is 17.6 Å². The fraction of sp³-hybridized carbons (Fsp3) is 0.333. The van der Waals surface area contributed by atoms with Gasteiger partial charge in [-0.15, -0.1) is 0 Å². The van der Waals surface area contributed by atoms with Crippen LogP contribution in [-0.2, 0) is 16.1 Å². The smallest absolute Gasteiger partial charge is 0.227 e. The number of anilines is 1. The molecule has 4 nitrogen and oxygen atoms in total. The van der Waals surface area contributed by atoms with E-state index in [4.69, 9.17) is 0 Å². The van der Waals surface area contributed by atoms with Gasteiger partial charge in [-0.05, 0) is 42.0 Å². The maximum atomic E-state index is 12.2. The van der Waals surface area contributed by atoms with Gasteiger partial charge in [-0.1, -0.05) is 49.4 Å². The van der Waals surface area contributed by atoms with Crippen molar-refractivity contribution < 1.29 is 9.59 Å². The standard InChI is InChI=1S/C21H24N2O2/c1-15(17-7-3-2-4-8-17)12-20(24)22-14-16-6-5-9-19(13-16)23-21(25)18-10-11-18/h2-9,13,15,18H,10-12,14H2,1H3,(H,22,24)(H,23,25)/t15-/m0/s1. The number of amides is 2. The first-order chi connectivity index (χ1) is 12.1. The first-order valence-electron chi connectivity index (χ1n) is 8.83. The van der Waals surface area contributed by atoms with Crippen LogP contribution in [0, 0.1) is 5.92 Å². The fourth-order valence-electron chi connectivity index (χ4n) is 2.80. The highest BCUT2D eigenvalue weighted by Crippen LogP contribution is 2.30. The van der Waals surface area contributed by atoms with E-state index in [1.807, 2.05) is 54.6 Å². The van der Waals surface area contributed by atoms with Crippen LogP contribution < -0.4 is 10.6 Å². The lowest BCUT2D eigenvalue weighted by molar-refractivity contribution is -0.121. The molecule has 2 aromatic carbocycles. The summed E-state index contributed by atoms with van der Waals surface area (Å²) in [6.07, 6.45) is 2.44. The molecule has 1 saturated carbocycles. The quantitative estimate of drug-likeness (QED) is 0.807. The monoisotopic (exact) mass is 336 g/mol. The van der Waals surface area contributed by atoms with Crippen LogP contribution in [0.2, 0.25) is 0 Å². The second-order valence-electron chi connectivity index (χ2n) is 6.76. The first kappa shape index (κ1) is 17.2. The Kier molecular flexibility index (Phi) is 5.49. The second-order valence-corrected chi connectivity index (χ2v) is 6.76. The predicted octanol–water partition coefficient (Wildman–Crippen LogP) is 3.85. The highest BCUT2D eigenvalue weighted by atomic mass is 16.2. The fourth-order valence-corrected chi connectivity index (χ4v) is 2.80. The minimum absolute atomic E-state index is 0.0313. The number of nitrogens with one attached hydrogen (secondary N) is 2. The third kappa shape index (κ3) is 5.18. The largest absolute Gasteiger partial charge is 0.352 e. The van der Waals surface area contributed by atoms with Crippen LogP contribution >= 0.6 is 0 Å². The summed E-state index contributed by atoms with van der Waals surface area (Å²) < 4.78 is 0. The molecule has 1 aliphatic rings. The van der Waals surface area contributed by atoms with E-state index >= 15 is 0 Å². The number of hydrogen-bond donors (Lipinski definition) is 2. The van der Waals surface area contributed by atoms with Crippen LogP contribution in [0.25, 0.3) is 0 Å². The molecule has 2 aromatic rings. The van der Waals surface area contributed by atoms with E-state index in [0.29, 0.717) is 13.0 Å². The van der Waals surface area contributed by atoms with Crippen molar-refractivity contribution in [2.24, 2.45) is 5.92 Å². The van der Waals surface area contributed by atoms with E-state index in [1.165, 1.54) is 5.56 Å². The molecule has 0 saturated heterocycles. The SMILES string of the molecule is C[C@@H](CC(=O)NCc1cccc(NC(=O)C2CC2)c1)c1ccccc1. The molecule has 2 N–H and O–H groups in total. The normalized spacial score (nSPS) is 14.6. The van der Waals surface area contributed by atoms with E-state index < -0.39 is 0 Å². The van der Waals surface area contributed by atoms with Gasteiger partial charge in [-0.3, -0.25) is 9.59 Å². The number of hydrogen-bond acceptors (Lipinski definition) is 2. The molecule has 0 bridgehead atoms. The third-order valence-corrected chi connectivity index (χ3v) is 4.49. The van der Waals surface area contributed by atoms with E-state index in [0.717, 1.165) is 24.1 Å². The first-order valence-corrected chi connectivity index (χ1v) is 8.83. The van der Waals surface area contributed by atoms with Crippen molar-refractivity contribution in [2.75, 3.05) is 5.32 Å². The molecule has 1 aliphatic carbocycles. The number of rotatable bonds is 7. The molecule has 0 radical (unpaired) electrons. The van der Waals surface area contributed by atoms with Crippen molar-refractivity contribution in [3.8, 4) is 0 Å². The Morgan fingerprint density at radius 2 is 1.84 bits per heavy atom. The summed E-state index contributed by atoms with van der Waals surface area (Å²) in [7, 11) is 0. The maximum Gasteiger partial charge on any atom is 0.227 e. The van der Waals surface area contributed by atoms with Crippen molar-refractivity contribution in [3.05, 3.63) is 65.7 Å². The molecule has 0 unspecified atom stereocenters. The van der Waals surface area contributed by atoms with E-state index in [9.17, 15) is 9.59 Å². The molecule has 3 rings (SSSR count). The van der Waals surface area contributed by atoms with Gasteiger partial charge in [0, 0.05) is 24.6 Å². The Bertz CT molecular complexity index is 739. The zero-order chi connectivity index (χ0) is 17.6. The predicted molar refractivity (Wildman–Crippen MR) is 99.1 cm³/mol. The average Bonchev–Trinajstić information content (AvgIpc) is 3.46. The lowest BCUT2D eigenvalue weighted by atomic mass is 9.97. The van der Waals surface area contributed by atoms with Crippen molar-refractivity contribution in [3.63, 3.8) is 0 Å². The van der Waals surface area contributed by atoms with Gasteiger partial charge in [0.05, 0.1) is 0 Å². The van der Waals surface area contributed by atoms with Crippen LogP contribution in [0.4, 0.5) is 5.69 Å². The summed E-state index contributed by atoms with van der Waals surface area (Å²) in [6.45, 7) is 2.52. The lowest BCUT2D eigenvalue weighted by Gasteiger charge is -2.12. The van der Waals surface area contributed by atoms with Crippen molar-refractivity contribution >= 4 is 17.5 Å². The molecule has 1 fully saturated rings. The molecule has 1 atom stereocenters. The topological polar surface area (TPSA) is 58.2 Å². The Morgan fingerprint density at radius 1 is 1.08 bits per heavy atom. The summed E-state index contributed by atoms with van der Waals surface area (Å²) in [5.74, 6) is 0.495. The van der Waals surface area contributed by atoms with Crippen LogP contribution in [0.1, 0.15) is 43.2 Å². The molecular weight excluding hydrogens is 312 g/mol. The van der Waals surface area contributed by atoms with Gasteiger partial charge in [-0.2, -0.15) is 0 Å². The number of carbonyl (C=O) groups is 2. The Balaban J connectivity index is 1.49. The minimum atomic E-state index is 0.0313. The summed E-state index contributed by atoms with van der Waals surface area (Å²) >= 11 is 0. The average molecular weight is 336 g/mol. The van der Waals surface area contributed by atoms with E-state index in [-0.39, 0.29) is 23.7 Å². The van der Waals surface area contributed by atoms with Crippen LogP contribution in [0.5, 0.6) is 0 Å². The summed E-state index contributed by atoms with van der Waals surface area (Å²) in [5.41, 5.74) is 2.94. The van der Waals surface area contributed by atoms with Crippen LogP contribution in [0.15, 0.2) is 54.6 Å². The van der Waals surface area contributed by atoms with Gasteiger partial charge >= 0.3 is 0 Å². The van der Waals surface area contributed by atoms with E-state index in [1.54, 1.807) is 0 Å². The number of benzene rings is 2. The summed E-state index contributed by atoms with van der Waals surface area (Å²) in [4.78, 5) is 24.0. The molecule has 4 heteroatoms. The zero-order valence-corrected chi connectivity index (χ0v) is 14.5. The molecule has 25 heavy (non-hydrogen) atoms. The van der Waals surface area contributed by atoms with Crippen molar-refractivity contribution in [2.45, 2.75) is 38.6 Å². The molecule has 0 heterocycles. The van der Waals surface area contributed by atoms with Gasteiger partial charge in [0.2, 0.25) is 11.8 Å². The molecule has 130 valence electrons. The molecule has 0 aromatic heterocycles. The van der Waals surface area contributed by atoms with Crippen molar-refractivity contribution in [1.82, 2.24) is 5.32 Å². The highest BCUT2D eigenvalue weighted by molar-refractivity contribution is 5.94. The zero-order valence-electron chi connectivity index (χ0n) is 14.5. The van der Waals surface area contributed by atoms with Gasteiger partial charge < -0.3 is 10.6 Å². The van der Waals surface area contributed by atoms with Crippen molar-refractivity contribution in [1.29, 1.82) is 0 Å². The molecule has 0 aliphatic heterocycles. The van der Waals surface area contributed by atoms with Gasteiger partial charge in [-0.25, -0.2) is 0 Å². The van der Waals surface area contributed by atoms with Crippen LogP contribution in [-0.4, -0.2) is 11.8 Å². The Labute approximate surface area is 148 Å². The Morgan fingerprint density at radius 3 is 2.56 bits per heavy atom. The summed E-state index contributed by atoms with van der Waals surface area (Å²) in [6, 6.07) is 17.7. The molecule has 2 amide bonds. The lowest BCUT2D eigenvalue weighted by Crippen LogP contribution is -2.24. The van der Waals surface area contributed by atoms with Gasteiger partial charge in [0.15, 0.2) is 0 Å². The van der Waals surface area contributed by atoms with Gasteiger partial charge in [0.1, 0.15) is 0 Å². The number of carbonyl (C=O) groups excluding carboxylic acids is 2. The third-order valence-electron chi connectivity index (χ3n) is 4.49. The molecule has 0 spiro atoms. The maximum absolute atomic E-state index is 12.2. The minimum Gasteiger partial charge on any atom is -0.352 e. The Hall–Kier alpha value is -2.62. The molecular formula is C21H24N2O2.